The lowest BCUT2D eigenvalue weighted by Gasteiger charge is -2.05. The smallest absolute Gasteiger partial charge is 0.401 e. The Morgan fingerprint density at radius 3 is 2.78 bits per heavy atom. The number of nitrogens with one attached hydrogen (secondary N) is 1. The lowest BCUT2D eigenvalue weighted by Crippen LogP contribution is -2.28. The Kier molecular flexibility index (Phi) is 3.56. The standard InChI is InChI=1S/C12H13F3N2O/c1-2-8-3-4-10-9(5-8)17-11(18-10)6-16-7-12(13,14)15/h3-5,16H,2,6-7H2,1H3. The summed E-state index contributed by atoms with van der Waals surface area (Å²) in [6, 6.07) is 5.58. The van der Waals surface area contributed by atoms with Crippen molar-refractivity contribution in [3.8, 4) is 0 Å². The fourth-order valence-electron chi connectivity index (χ4n) is 1.63. The predicted octanol–water partition coefficient (Wildman–Crippen LogP) is 3.04. The Morgan fingerprint density at radius 1 is 1.33 bits per heavy atom. The molecule has 18 heavy (non-hydrogen) atoms. The van der Waals surface area contributed by atoms with Crippen LogP contribution in [0.4, 0.5) is 13.2 Å². The summed E-state index contributed by atoms with van der Waals surface area (Å²) < 4.78 is 41.2. The lowest BCUT2D eigenvalue weighted by molar-refractivity contribution is -0.125. The van der Waals surface area contributed by atoms with Crippen molar-refractivity contribution in [2.75, 3.05) is 6.54 Å². The van der Waals surface area contributed by atoms with Crippen LogP contribution in [0.2, 0.25) is 0 Å². The average Bonchev–Trinajstić information content (AvgIpc) is 2.68. The van der Waals surface area contributed by atoms with E-state index in [0.29, 0.717) is 11.1 Å². The van der Waals surface area contributed by atoms with Gasteiger partial charge in [-0.3, -0.25) is 0 Å². The molecule has 0 radical (unpaired) electrons. The predicted molar refractivity (Wildman–Crippen MR) is 61.1 cm³/mol. The minimum atomic E-state index is -4.22. The van der Waals surface area contributed by atoms with Crippen molar-refractivity contribution >= 4 is 11.1 Å². The molecule has 3 nitrogen and oxygen atoms in total. The fourth-order valence-corrected chi connectivity index (χ4v) is 1.63. The number of fused-ring (bicyclic) bond motifs is 1. The quantitative estimate of drug-likeness (QED) is 0.916. The highest BCUT2D eigenvalue weighted by Crippen LogP contribution is 2.18. The molecule has 0 aliphatic heterocycles. The molecule has 1 aromatic heterocycles. The van der Waals surface area contributed by atoms with E-state index in [4.69, 9.17) is 4.42 Å². The summed E-state index contributed by atoms with van der Waals surface area (Å²) >= 11 is 0. The third-order valence-electron chi connectivity index (χ3n) is 2.51. The summed E-state index contributed by atoms with van der Waals surface area (Å²) in [6.45, 7) is 0.939. The number of aryl methyl sites for hydroxylation is 1. The molecule has 1 heterocycles. The van der Waals surface area contributed by atoms with Gasteiger partial charge in [-0.25, -0.2) is 4.98 Å². The highest BCUT2D eigenvalue weighted by atomic mass is 19.4. The Morgan fingerprint density at radius 2 is 2.11 bits per heavy atom. The monoisotopic (exact) mass is 258 g/mol. The first kappa shape index (κ1) is 12.9. The largest absolute Gasteiger partial charge is 0.439 e. The first-order chi connectivity index (χ1) is 8.48. The summed E-state index contributed by atoms with van der Waals surface area (Å²) in [7, 11) is 0. The third-order valence-corrected chi connectivity index (χ3v) is 2.51. The van der Waals surface area contributed by atoms with Crippen molar-refractivity contribution in [3.63, 3.8) is 0 Å². The molecule has 6 heteroatoms. The van der Waals surface area contributed by atoms with Gasteiger partial charge in [0.25, 0.3) is 0 Å². The van der Waals surface area contributed by atoms with E-state index in [0.717, 1.165) is 12.0 Å². The zero-order valence-corrected chi connectivity index (χ0v) is 9.84. The Labute approximate surface area is 102 Å². The molecule has 0 atom stereocenters. The maximum absolute atomic E-state index is 11.9. The average molecular weight is 258 g/mol. The molecule has 2 rings (SSSR count). The number of rotatable bonds is 4. The van der Waals surface area contributed by atoms with Crippen LogP contribution in [0.1, 0.15) is 18.4 Å². The Balaban J connectivity index is 2.06. The van der Waals surface area contributed by atoms with Crippen molar-refractivity contribution in [2.45, 2.75) is 26.1 Å². The molecule has 0 aliphatic carbocycles. The Bertz CT molecular complexity index is 534. The molecule has 1 N–H and O–H groups in total. The summed E-state index contributed by atoms with van der Waals surface area (Å²) in [4.78, 5) is 4.14. The van der Waals surface area contributed by atoms with Crippen LogP contribution in [0, 0.1) is 0 Å². The van der Waals surface area contributed by atoms with E-state index in [1.54, 1.807) is 6.07 Å². The molecule has 0 fully saturated rings. The molecule has 2 aromatic rings. The minimum absolute atomic E-state index is 0.0321. The normalized spacial score (nSPS) is 12.2. The van der Waals surface area contributed by atoms with Gasteiger partial charge in [0.05, 0.1) is 13.1 Å². The van der Waals surface area contributed by atoms with Gasteiger partial charge in [0, 0.05) is 0 Å². The maximum Gasteiger partial charge on any atom is 0.401 e. The van der Waals surface area contributed by atoms with Gasteiger partial charge < -0.3 is 9.73 Å². The number of benzene rings is 1. The van der Waals surface area contributed by atoms with E-state index in [2.05, 4.69) is 10.3 Å². The van der Waals surface area contributed by atoms with Gasteiger partial charge in [-0.05, 0) is 24.1 Å². The molecule has 98 valence electrons. The molecule has 0 aliphatic rings. The molecule has 1 aromatic carbocycles. The first-order valence-electron chi connectivity index (χ1n) is 5.64. The van der Waals surface area contributed by atoms with Crippen molar-refractivity contribution in [1.82, 2.24) is 10.3 Å². The van der Waals surface area contributed by atoms with Gasteiger partial charge in [-0.15, -0.1) is 0 Å². The van der Waals surface area contributed by atoms with Gasteiger partial charge in [-0.2, -0.15) is 13.2 Å². The summed E-state index contributed by atoms with van der Waals surface area (Å²) in [6.07, 6.45) is -3.34. The van der Waals surface area contributed by atoms with Crippen LogP contribution < -0.4 is 5.32 Å². The number of alkyl halides is 3. The second-order valence-electron chi connectivity index (χ2n) is 3.98. The van der Waals surface area contributed by atoms with E-state index in [9.17, 15) is 13.2 Å². The molecular formula is C12H13F3N2O. The van der Waals surface area contributed by atoms with E-state index in [-0.39, 0.29) is 12.4 Å². The van der Waals surface area contributed by atoms with Gasteiger partial charge in [0.2, 0.25) is 5.89 Å². The molecule has 0 saturated carbocycles. The van der Waals surface area contributed by atoms with Gasteiger partial charge in [0.1, 0.15) is 5.52 Å². The lowest BCUT2D eigenvalue weighted by atomic mass is 10.1. The maximum atomic E-state index is 11.9. The number of nitrogens with zero attached hydrogens (tertiary/aromatic N) is 1. The molecule has 0 unspecified atom stereocenters. The van der Waals surface area contributed by atoms with Crippen LogP contribution in [-0.2, 0) is 13.0 Å². The summed E-state index contributed by atoms with van der Waals surface area (Å²) in [5.41, 5.74) is 2.39. The third kappa shape index (κ3) is 3.22. The van der Waals surface area contributed by atoms with Crippen molar-refractivity contribution in [2.24, 2.45) is 0 Å². The number of hydrogen-bond donors (Lipinski definition) is 1. The highest BCUT2D eigenvalue weighted by molar-refractivity contribution is 5.73. The molecule has 0 saturated heterocycles. The molecular weight excluding hydrogens is 245 g/mol. The van der Waals surface area contributed by atoms with Crippen LogP contribution in [0.3, 0.4) is 0 Å². The van der Waals surface area contributed by atoms with Crippen molar-refractivity contribution in [1.29, 1.82) is 0 Å². The van der Waals surface area contributed by atoms with Crippen molar-refractivity contribution < 1.29 is 17.6 Å². The van der Waals surface area contributed by atoms with E-state index < -0.39 is 12.7 Å². The number of hydrogen-bond acceptors (Lipinski definition) is 3. The van der Waals surface area contributed by atoms with Crippen LogP contribution in [0.15, 0.2) is 22.6 Å². The highest BCUT2D eigenvalue weighted by Gasteiger charge is 2.26. The fraction of sp³-hybridized carbons (Fsp3) is 0.417. The second kappa shape index (κ2) is 4.97. The van der Waals surface area contributed by atoms with Crippen molar-refractivity contribution in [3.05, 3.63) is 29.7 Å². The van der Waals surface area contributed by atoms with Crippen LogP contribution in [0.5, 0.6) is 0 Å². The zero-order chi connectivity index (χ0) is 13.2. The van der Waals surface area contributed by atoms with Gasteiger partial charge >= 0.3 is 6.18 Å². The number of aromatic nitrogens is 1. The van der Waals surface area contributed by atoms with E-state index in [1.165, 1.54) is 0 Å². The summed E-state index contributed by atoms with van der Waals surface area (Å²) in [5.74, 6) is 0.266. The molecule has 0 bridgehead atoms. The SMILES string of the molecule is CCc1ccc2oc(CNCC(F)(F)F)nc2c1. The number of halogens is 3. The molecule has 0 amide bonds. The van der Waals surface area contributed by atoms with Crippen LogP contribution >= 0.6 is 0 Å². The van der Waals surface area contributed by atoms with Gasteiger partial charge in [-0.1, -0.05) is 13.0 Å². The van der Waals surface area contributed by atoms with Crippen LogP contribution in [-0.4, -0.2) is 17.7 Å². The van der Waals surface area contributed by atoms with E-state index in [1.807, 2.05) is 19.1 Å². The minimum Gasteiger partial charge on any atom is -0.439 e. The van der Waals surface area contributed by atoms with Gasteiger partial charge in [0.15, 0.2) is 5.58 Å². The van der Waals surface area contributed by atoms with Crippen LogP contribution in [0.25, 0.3) is 11.1 Å². The number of oxazole rings is 1. The summed E-state index contributed by atoms with van der Waals surface area (Å²) in [5, 5.41) is 2.25. The molecule has 0 spiro atoms. The topological polar surface area (TPSA) is 38.1 Å². The Hall–Kier alpha value is -1.56. The second-order valence-corrected chi connectivity index (χ2v) is 3.98. The zero-order valence-electron chi connectivity index (χ0n) is 9.84. The van der Waals surface area contributed by atoms with E-state index >= 15 is 0 Å². The first-order valence-corrected chi connectivity index (χ1v) is 5.64.